The van der Waals surface area contributed by atoms with Gasteiger partial charge in [0.25, 0.3) is 0 Å². The molecule has 0 aliphatic heterocycles. The molecule has 0 atom stereocenters. The molecule has 0 aliphatic carbocycles. The van der Waals surface area contributed by atoms with Crippen LogP contribution in [0, 0.1) is 0 Å². The highest BCUT2D eigenvalue weighted by Crippen LogP contribution is 2.36. The van der Waals surface area contributed by atoms with Crippen LogP contribution in [0.2, 0.25) is 0 Å². The fraction of sp³-hybridized carbons (Fsp3) is 0.0882. The maximum atomic E-state index is 13.4. The van der Waals surface area contributed by atoms with Crippen LogP contribution in [-0.4, -0.2) is 19.8 Å². The minimum atomic E-state index is -1.21. The molecule has 0 amide bonds. The van der Waals surface area contributed by atoms with Gasteiger partial charge in [-0.2, -0.15) is 8.75 Å². The fourth-order valence-corrected chi connectivity index (χ4v) is 5.82. The second-order valence-corrected chi connectivity index (χ2v) is 10.4. The van der Waals surface area contributed by atoms with Gasteiger partial charge in [-0.1, -0.05) is 115 Å². The monoisotopic (exact) mass is 526 g/mol. The Morgan fingerprint density at radius 1 is 0.590 bits per heavy atom. The zero-order valence-corrected chi connectivity index (χ0v) is 22.0. The number of rotatable bonds is 8. The number of aliphatic carboxylic acids is 1. The lowest BCUT2D eigenvalue weighted by atomic mass is 9.71. The lowest BCUT2D eigenvalue weighted by molar-refractivity contribution is -0.143. The van der Waals surface area contributed by atoms with Crippen LogP contribution in [-0.2, 0) is 23.1 Å². The lowest BCUT2D eigenvalue weighted by Gasteiger charge is -2.31. The Kier molecular flexibility index (Phi) is 6.74. The first-order valence-corrected chi connectivity index (χ1v) is 13.6. The van der Waals surface area contributed by atoms with Gasteiger partial charge in [-0.25, -0.2) is 0 Å². The predicted octanol–water partition coefficient (Wildman–Crippen LogP) is 7.83. The number of hydrogen-bond donors (Lipinski definition) is 1. The quantitative estimate of drug-likeness (QED) is 0.219. The first-order valence-electron chi connectivity index (χ1n) is 12.9. The Hall–Kier alpha value is -4.61. The molecule has 0 bridgehead atoms. The van der Waals surface area contributed by atoms with E-state index in [4.69, 9.17) is 0 Å². The van der Waals surface area contributed by atoms with Crippen LogP contribution in [0.1, 0.15) is 16.7 Å². The van der Waals surface area contributed by atoms with E-state index in [0.29, 0.717) is 12.8 Å². The van der Waals surface area contributed by atoms with Gasteiger partial charge in [-0.05, 0) is 63.9 Å². The average molecular weight is 527 g/mol. The van der Waals surface area contributed by atoms with E-state index in [2.05, 4.69) is 57.3 Å². The number of nitrogens with zero attached hydrogens (tertiary/aromatic N) is 2. The summed E-state index contributed by atoms with van der Waals surface area (Å²) in [4.78, 5) is 13.4. The number of carboxylic acid groups (broad SMARTS) is 1. The summed E-state index contributed by atoms with van der Waals surface area (Å²) >= 11 is 1.14. The number of hydrogen-bond acceptors (Lipinski definition) is 4. The van der Waals surface area contributed by atoms with Gasteiger partial charge in [0.15, 0.2) is 0 Å². The summed E-state index contributed by atoms with van der Waals surface area (Å²) in [5.74, 6) is -0.861. The predicted molar refractivity (Wildman–Crippen MR) is 158 cm³/mol. The van der Waals surface area contributed by atoms with Crippen LogP contribution in [0.3, 0.4) is 0 Å². The Balaban J connectivity index is 1.46. The molecule has 0 saturated carbocycles. The highest BCUT2D eigenvalue weighted by atomic mass is 32.1. The molecule has 190 valence electrons. The molecule has 0 fully saturated rings. The number of benzene rings is 5. The van der Waals surface area contributed by atoms with Crippen molar-refractivity contribution in [2.45, 2.75) is 18.3 Å². The Morgan fingerprint density at radius 3 is 1.64 bits per heavy atom. The van der Waals surface area contributed by atoms with Crippen LogP contribution in [0.5, 0.6) is 0 Å². The molecule has 0 spiro atoms. The van der Waals surface area contributed by atoms with E-state index in [1.54, 1.807) is 0 Å². The molecule has 1 N–H and O–H groups in total. The Labute approximate surface area is 231 Å². The molecule has 1 aromatic heterocycles. The van der Waals surface area contributed by atoms with Gasteiger partial charge >= 0.3 is 5.97 Å². The van der Waals surface area contributed by atoms with Crippen molar-refractivity contribution in [3.8, 4) is 22.3 Å². The van der Waals surface area contributed by atoms with Crippen molar-refractivity contribution in [2.75, 3.05) is 0 Å². The van der Waals surface area contributed by atoms with Crippen LogP contribution in [0.15, 0.2) is 127 Å². The number of carbonyl (C=O) groups is 1. The second kappa shape index (κ2) is 10.6. The van der Waals surface area contributed by atoms with Crippen LogP contribution in [0.25, 0.3) is 33.3 Å². The maximum Gasteiger partial charge on any atom is 0.314 e. The van der Waals surface area contributed by atoms with Crippen molar-refractivity contribution in [3.05, 3.63) is 144 Å². The van der Waals surface area contributed by atoms with Gasteiger partial charge in [0.2, 0.25) is 0 Å². The van der Waals surface area contributed by atoms with Gasteiger partial charge in [0.05, 0.1) is 11.7 Å². The van der Waals surface area contributed by atoms with E-state index in [1.807, 2.05) is 78.9 Å². The SMILES string of the molecule is O=C(O)C(Cc1cccc(-c2ccccc2)c1)(Cc1cccc(-c2ccccc2)c1)c1ccc2nsnc2c1. The van der Waals surface area contributed by atoms with Gasteiger partial charge in [0, 0.05) is 0 Å². The summed E-state index contributed by atoms with van der Waals surface area (Å²) in [6, 6.07) is 42.4. The highest BCUT2D eigenvalue weighted by molar-refractivity contribution is 7.00. The minimum absolute atomic E-state index is 0.335. The molecule has 0 unspecified atom stereocenters. The smallest absolute Gasteiger partial charge is 0.314 e. The average Bonchev–Trinajstić information content (AvgIpc) is 3.46. The zero-order valence-electron chi connectivity index (χ0n) is 21.2. The maximum absolute atomic E-state index is 13.4. The van der Waals surface area contributed by atoms with Gasteiger partial charge in [0.1, 0.15) is 16.4 Å². The molecule has 5 aromatic carbocycles. The molecule has 1 heterocycles. The Bertz CT molecular complexity index is 1660. The van der Waals surface area contributed by atoms with Crippen molar-refractivity contribution in [3.63, 3.8) is 0 Å². The number of fused-ring (bicyclic) bond motifs is 1. The highest BCUT2D eigenvalue weighted by Gasteiger charge is 2.41. The first-order chi connectivity index (χ1) is 19.1. The van der Waals surface area contributed by atoms with Crippen LogP contribution >= 0.6 is 11.7 Å². The molecule has 4 nitrogen and oxygen atoms in total. The molecular formula is C34H26N2O2S. The molecule has 0 radical (unpaired) electrons. The fourth-order valence-electron chi connectivity index (χ4n) is 5.30. The topological polar surface area (TPSA) is 63.1 Å². The molecule has 0 saturated heterocycles. The van der Waals surface area contributed by atoms with E-state index < -0.39 is 11.4 Å². The third-order valence-electron chi connectivity index (χ3n) is 7.30. The molecule has 39 heavy (non-hydrogen) atoms. The van der Waals surface area contributed by atoms with Crippen LogP contribution in [0.4, 0.5) is 0 Å². The van der Waals surface area contributed by atoms with Gasteiger partial charge < -0.3 is 5.11 Å². The number of aromatic nitrogens is 2. The Morgan fingerprint density at radius 2 is 1.10 bits per heavy atom. The standard InChI is InChI=1S/C34H26N2O2S/c37-33(38)34(30-17-18-31-32(21-30)36-39-35-31,22-24-9-7-15-28(19-24)26-11-3-1-4-12-26)23-25-10-8-16-29(20-25)27-13-5-2-6-14-27/h1-21H,22-23H2,(H,37,38). The van der Waals surface area contributed by atoms with Crippen molar-refractivity contribution in [1.29, 1.82) is 0 Å². The van der Waals surface area contributed by atoms with Crippen molar-refractivity contribution in [2.24, 2.45) is 0 Å². The van der Waals surface area contributed by atoms with E-state index in [-0.39, 0.29) is 0 Å². The van der Waals surface area contributed by atoms with E-state index in [0.717, 1.165) is 61.7 Å². The van der Waals surface area contributed by atoms with E-state index in [1.165, 1.54) is 0 Å². The second-order valence-electron chi connectivity index (χ2n) is 9.84. The number of carboxylic acids is 1. The molecule has 0 aliphatic rings. The lowest BCUT2D eigenvalue weighted by Crippen LogP contribution is -2.40. The third-order valence-corrected chi connectivity index (χ3v) is 7.85. The molecule has 6 rings (SSSR count). The summed E-state index contributed by atoms with van der Waals surface area (Å²) in [5.41, 5.74) is 7.29. The van der Waals surface area contributed by atoms with E-state index in [9.17, 15) is 9.90 Å². The minimum Gasteiger partial charge on any atom is -0.481 e. The van der Waals surface area contributed by atoms with Gasteiger partial charge in [-0.15, -0.1) is 0 Å². The molecule has 5 heteroatoms. The molecule has 6 aromatic rings. The summed E-state index contributed by atoms with van der Waals surface area (Å²) in [6.07, 6.45) is 0.670. The summed E-state index contributed by atoms with van der Waals surface area (Å²) < 4.78 is 8.74. The zero-order chi connectivity index (χ0) is 26.7. The summed E-state index contributed by atoms with van der Waals surface area (Å²) in [6.45, 7) is 0. The van der Waals surface area contributed by atoms with Crippen molar-refractivity contribution < 1.29 is 9.90 Å². The molecular weight excluding hydrogens is 500 g/mol. The van der Waals surface area contributed by atoms with E-state index >= 15 is 0 Å². The normalized spacial score (nSPS) is 11.5. The summed E-state index contributed by atoms with van der Waals surface area (Å²) in [7, 11) is 0. The first kappa shape index (κ1) is 24.7. The largest absolute Gasteiger partial charge is 0.481 e. The van der Waals surface area contributed by atoms with Crippen LogP contribution < -0.4 is 0 Å². The van der Waals surface area contributed by atoms with Crippen molar-refractivity contribution in [1.82, 2.24) is 8.75 Å². The van der Waals surface area contributed by atoms with Crippen molar-refractivity contribution >= 4 is 28.7 Å². The van der Waals surface area contributed by atoms with Gasteiger partial charge in [-0.3, -0.25) is 4.79 Å². The third kappa shape index (κ3) is 5.09. The summed E-state index contributed by atoms with van der Waals surface area (Å²) in [5, 5.41) is 11.0.